The maximum Gasteiger partial charge on any atom is 0.280 e. The van der Waals surface area contributed by atoms with Crippen LogP contribution in [0.2, 0.25) is 15.1 Å². The summed E-state index contributed by atoms with van der Waals surface area (Å²) in [6, 6.07) is 28.1. The highest BCUT2D eigenvalue weighted by Gasteiger charge is 2.43. The van der Waals surface area contributed by atoms with E-state index in [4.69, 9.17) is 49.0 Å². The first-order valence-corrected chi connectivity index (χ1v) is 36.8. The van der Waals surface area contributed by atoms with Gasteiger partial charge in [0.25, 0.3) is 30.6 Å². The molecule has 6 aromatic carbocycles. The molecule has 0 spiro atoms. The van der Waals surface area contributed by atoms with Gasteiger partial charge in [-0.15, -0.1) is 0 Å². The summed E-state index contributed by atoms with van der Waals surface area (Å²) in [6.07, 6.45) is 3.29. The molecular weight excluding hydrogens is 1410 g/mol. The number of carbonyl (C=O) groups excluding carboxylic acids is 3. The Morgan fingerprint density at radius 3 is 0.869 bits per heavy atom. The van der Waals surface area contributed by atoms with Gasteiger partial charge in [0.2, 0.25) is 17.7 Å². The van der Waals surface area contributed by atoms with E-state index in [1.165, 1.54) is 57.5 Å². The highest BCUT2D eigenvalue weighted by Crippen LogP contribution is 2.34. The van der Waals surface area contributed by atoms with Gasteiger partial charge in [-0.25, -0.2) is 13.2 Å². The highest BCUT2D eigenvalue weighted by atomic mass is 35.5. The van der Waals surface area contributed by atoms with Crippen LogP contribution in [0.15, 0.2) is 127 Å². The third-order valence-electron chi connectivity index (χ3n) is 16.1. The average Bonchev–Trinajstić information content (AvgIpc) is 0.793. The van der Waals surface area contributed by atoms with Gasteiger partial charge in [-0.3, -0.25) is 14.4 Å². The molecule has 3 fully saturated rings. The molecule has 0 radical (unpaired) electrons. The normalized spacial score (nSPS) is 20.5. The van der Waals surface area contributed by atoms with E-state index in [0.717, 1.165) is 86.7 Å². The third kappa shape index (κ3) is 23.4. The number of benzene rings is 6. The van der Waals surface area contributed by atoms with Crippen LogP contribution in [0.4, 0.5) is 30.2 Å². The molecular formula is C66H84Cl3F3N12O12S3. The maximum atomic E-state index is 13.4. The molecule has 3 saturated heterocycles. The number of hydrogen-bond donors (Lipinski definition) is 6. The van der Waals surface area contributed by atoms with Gasteiger partial charge in [0.05, 0.1) is 34.9 Å². The lowest BCUT2D eigenvalue weighted by Crippen LogP contribution is -2.55. The summed E-state index contributed by atoms with van der Waals surface area (Å²) < 4.78 is 144. The Hall–Kier alpha value is -6.72. The SMILES string of the molecule is CN(C)CCCOc1ccc(C2CC(C(=O)Nc3ccc(F)c(Cl)c3)N(C)S(=O)(=O)N2)cc1.CN(C)CCCOc1ccc([C@@H]2C[C@H](C(=O)Nc3ccc(F)c(Cl)c3)N(C)S(=O)(=O)N2)cc1.CN(C)CCCOc1ccc([C@H]2C[C@@H](C(=O)Nc3ccc(F)c(Cl)c3)N(C)S(=O)(=O)N2)cc1. The van der Waals surface area contributed by atoms with Crippen LogP contribution in [-0.2, 0) is 45.0 Å². The monoisotopic (exact) mass is 1490 g/mol. The number of ether oxygens (including phenoxy) is 3. The van der Waals surface area contributed by atoms with Crippen LogP contribution in [0, 0.1) is 17.5 Å². The molecule has 0 bridgehead atoms. The van der Waals surface area contributed by atoms with Crippen LogP contribution in [0.5, 0.6) is 17.2 Å². The van der Waals surface area contributed by atoms with E-state index in [9.17, 15) is 52.8 Å². The van der Waals surface area contributed by atoms with Crippen molar-refractivity contribution < 1.29 is 67.0 Å². The smallest absolute Gasteiger partial charge is 0.280 e. The van der Waals surface area contributed by atoms with Gasteiger partial charge in [0, 0.05) is 76.0 Å². The number of likely N-dealkylation sites (N-methyl/N-ethyl adjacent to an activating group) is 3. The van der Waals surface area contributed by atoms with E-state index in [-0.39, 0.29) is 51.4 Å². The molecule has 99 heavy (non-hydrogen) atoms. The second-order valence-electron chi connectivity index (χ2n) is 24.4. The van der Waals surface area contributed by atoms with Crippen molar-refractivity contribution in [3.63, 3.8) is 0 Å². The summed E-state index contributed by atoms with van der Waals surface area (Å²) in [4.78, 5) is 44.9. The second kappa shape index (κ2) is 36.2. The minimum absolute atomic E-state index is 0.138. The number of nitrogens with one attached hydrogen (secondary N) is 6. The van der Waals surface area contributed by atoms with E-state index in [2.05, 4.69) is 44.8 Å². The fraction of sp³-hybridized carbons (Fsp3) is 0.409. The van der Waals surface area contributed by atoms with E-state index >= 15 is 0 Å². The molecule has 3 aliphatic rings. The fourth-order valence-corrected chi connectivity index (χ4v) is 14.8. The van der Waals surface area contributed by atoms with Crippen molar-refractivity contribution in [1.29, 1.82) is 0 Å². The number of rotatable bonds is 24. The summed E-state index contributed by atoms with van der Waals surface area (Å²) in [5.41, 5.74) is 2.99. The molecule has 3 heterocycles. The Morgan fingerprint density at radius 2 is 0.657 bits per heavy atom. The Morgan fingerprint density at radius 1 is 0.424 bits per heavy atom. The molecule has 2 unspecified atom stereocenters. The van der Waals surface area contributed by atoms with Gasteiger partial charge >= 0.3 is 0 Å². The molecule has 0 aromatic heterocycles. The van der Waals surface area contributed by atoms with Gasteiger partial charge in [-0.1, -0.05) is 71.2 Å². The zero-order valence-electron chi connectivity index (χ0n) is 56.1. The molecule has 3 aliphatic heterocycles. The minimum atomic E-state index is -3.90. The average molecular weight is 1500 g/mol. The molecule has 33 heteroatoms. The van der Waals surface area contributed by atoms with Crippen LogP contribution in [0.3, 0.4) is 0 Å². The van der Waals surface area contributed by atoms with Gasteiger partial charge in [-0.2, -0.15) is 52.3 Å². The topological polar surface area (TPSA) is 273 Å². The number of nitrogens with zero attached hydrogens (tertiary/aromatic N) is 6. The molecule has 540 valence electrons. The predicted octanol–water partition coefficient (Wildman–Crippen LogP) is 9.08. The van der Waals surface area contributed by atoms with E-state index in [1.54, 1.807) is 72.8 Å². The summed E-state index contributed by atoms with van der Waals surface area (Å²) >= 11 is 17.3. The molecule has 9 rings (SSSR count). The zero-order valence-corrected chi connectivity index (χ0v) is 60.9. The maximum absolute atomic E-state index is 13.4. The lowest BCUT2D eigenvalue weighted by atomic mass is 9.99. The van der Waals surface area contributed by atoms with Crippen molar-refractivity contribution in [2.75, 3.05) is 119 Å². The van der Waals surface area contributed by atoms with Crippen molar-refractivity contribution in [1.82, 2.24) is 41.8 Å². The first-order chi connectivity index (χ1) is 46.7. The molecule has 3 amide bonds. The standard InChI is InChI=1S/3C22H28ClFN4O4S/c3*1-27(2)11-4-12-32-17-8-5-15(6-9-17)20-14-21(28(3)33(30,31)26-20)22(29)25-16-7-10-19(24)18(23)13-16/h3*5-10,13,20-21,26H,4,11-12,14H2,1-3H3,(H,25,29)/t2*20-,21+;/m10./s1. The summed E-state index contributed by atoms with van der Waals surface area (Å²) in [7, 11) is 4.33. The quantitative estimate of drug-likeness (QED) is 0.0308. The number of carbonyl (C=O) groups is 3. The van der Waals surface area contributed by atoms with Crippen LogP contribution < -0.4 is 44.3 Å². The Kier molecular flexibility index (Phi) is 29.1. The largest absolute Gasteiger partial charge is 0.494 e. The molecule has 6 N–H and O–H groups in total. The van der Waals surface area contributed by atoms with Crippen molar-refractivity contribution in [3.05, 3.63) is 177 Å². The van der Waals surface area contributed by atoms with Crippen LogP contribution >= 0.6 is 34.8 Å². The van der Waals surface area contributed by atoms with Gasteiger partial charge in [0.1, 0.15) is 52.8 Å². The highest BCUT2D eigenvalue weighted by molar-refractivity contribution is 7.87. The van der Waals surface area contributed by atoms with Crippen molar-refractivity contribution in [2.24, 2.45) is 0 Å². The van der Waals surface area contributed by atoms with Gasteiger partial charge < -0.3 is 44.9 Å². The molecule has 6 aromatic rings. The number of anilines is 3. The number of amides is 3. The van der Waals surface area contributed by atoms with Crippen LogP contribution in [-0.4, -0.2) is 192 Å². The number of halogens is 6. The Bertz CT molecular complexity index is 3660. The van der Waals surface area contributed by atoms with Crippen molar-refractivity contribution in [2.45, 2.75) is 74.8 Å². The number of hydrogen-bond acceptors (Lipinski definition) is 15. The van der Waals surface area contributed by atoms with Gasteiger partial charge in [0.15, 0.2) is 0 Å². The predicted molar refractivity (Wildman–Crippen MR) is 378 cm³/mol. The van der Waals surface area contributed by atoms with Crippen molar-refractivity contribution >= 4 is 100 Å². The molecule has 0 saturated carbocycles. The second-order valence-corrected chi connectivity index (χ2v) is 30.9. The Labute approximate surface area is 592 Å². The fourth-order valence-electron chi connectivity index (χ4n) is 10.5. The van der Waals surface area contributed by atoms with E-state index in [0.29, 0.717) is 37.1 Å². The molecule has 6 atom stereocenters. The lowest BCUT2D eigenvalue weighted by molar-refractivity contribution is -0.120. The molecule has 24 nitrogen and oxygen atoms in total. The summed E-state index contributed by atoms with van der Waals surface area (Å²) in [6.45, 7) is 4.49. The van der Waals surface area contributed by atoms with Crippen LogP contribution in [0.1, 0.15) is 73.3 Å². The first kappa shape index (κ1) is 79.6. The molecule has 0 aliphatic carbocycles. The van der Waals surface area contributed by atoms with E-state index in [1.807, 2.05) is 42.3 Å². The lowest BCUT2D eigenvalue weighted by Gasteiger charge is -2.36. The van der Waals surface area contributed by atoms with Crippen LogP contribution in [0.25, 0.3) is 0 Å². The minimum Gasteiger partial charge on any atom is -0.494 e. The first-order valence-electron chi connectivity index (χ1n) is 31.4. The summed E-state index contributed by atoms with van der Waals surface area (Å²) in [5.74, 6) is -1.35. The van der Waals surface area contributed by atoms with Crippen molar-refractivity contribution in [3.8, 4) is 17.2 Å². The summed E-state index contributed by atoms with van der Waals surface area (Å²) in [5, 5.41) is 7.44. The zero-order chi connectivity index (χ0) is 72.5. The Balaban J connectivity index is 0.000000209. The van der Waals surface area contributed by atoms with Gasteiger partial charge in [-0.05, 0) is 188 Å². The third-order valence-corrected chi connectivity index (χ3v) is 21.7. The van der Waals surface area contributed by atoms with E-state index < -0.39 is 102 Å².